The van der Waals surface area contributed by atoms with Gasteiger partial charge in [-0.25, -0.2) is 0 Å². The van der Waals surface area contributed by atoms with Crippen molar-refractivity contribution < 1.29 is 24.5 Å². The molecule has 0 radical (unpaired) electrons. The Morgan fingerprint density at radius 1 is 0.394 bits per heavy atom. The van der Waals surface area contributed by atoms with Crippen molar-refractivity contribution in [3.63, 3.8) is 0 Å². The molecule has 1 amide bonds. The summed E-state index contributed by atoms with van der Waals surface area (Å²) < 4.78 is 5.47. The summed E-state index contributed by atoms with van der Waals surface area (Å²) in [7, 11) is 0. The number of amides is 1. The molecule has 0 fully saturated rings. The number of carbonyl (C=O) groups excluding carboxylic acids is 2. The zero-order chi connectivity index (χ0) is 51.4. The first-order chi connectivity index (χ1) is 35.0. The van der Waals surface area contributed by atoms with Crippen molar-refractivity contribution in [2.24, 2.45) is 0 Å². The summed E-state index contributed by atoms with van der Waals surface area (Å²) in [4.78, 5) is 24.6. The Bertz CT molecular complexity index is 1150. The van der Waals surface area contributed by atoms with Crippen molar-refractivity contribution in [2.75, 3.05) is 13.2 Å². The van der Waals surface area contributed by atoms with Gasteiger partial charge in [0.15, 0.2) is 0 Å². The maximum atomic E-state index is 12.5. The molecule has 0 spiro atoms. The maximum absolute atomic E-state index is 12.5. The standard InChI is InChI=1S/C65H123NO5/c1-3-5-7-9-11-13-15-17-19-21-23-25-26-29-33-37-41-45-49-53-57-63(68)62(61-67)66-64(69)58-54-50-46-42-38-34-30-28-32-36-40-44-48-52-56-60-71-65(70)59-55-51-47-43-39-35-31-27-24-22-20-18-16-14-12-10-8-6-4-2/h18,20,28,32,36,40,62-63,67-68H,3-17,19,21-27,29-31,33-35,37-39,41-61H2,1-2H3,(H,66,69)/b20-18-,32-28-,40-36-. The highest BCUT2D eigenvalue weighted by Crippen LogP contribution is 2.18. The van der Waals surface area contributed by atoms with Crippen LogP contribution in [-0.2, 0) is 14.3 Å². The predicted molar refractivity (Wildman–Crippen MR) is 310 cm³/mol. The molecule has 6 heteroatoms. The van der Waals surface area contributed by atoms with Crippen LogP contribution in [0, 0.1) is 0 Å². The average Bonchev–Trinajstić information content (AvgIpc) is 3.37. The number of nitrogens with one attached hydrogen (secondary N) is 1. The molecule has 3 N–H and O–H groups in total. The smallest absolute Gasteiger partial charge is 0.305 e. The van der Waals surface area contributed by atoms with Gasteiger partial charge < -0.3 is 20.3 Å². The van der Waals surface area contributed by atoms with Crippen LogP contribution in [0.25, 0.3) is 0 Å². The van der Waals surface area contributed by atoms with Crippen molar-refractivity contribution in [3.05, 3.63) is 36.5 Å². The van der Waals surface area contributed by atoms with Gasteiger partial charge in [-0.1, -0.05) is 281 Å². The first-order valence-corrected chi connectivity index (χ1v) is 31.8. The Morgan fingerprint density at radius 2 is 0.704 bits per heavy atom. The lowest BCUT2D eigenvalue weighted by molar-refractivity contribution is -0.143. The van der Waals surface area contributed by atoms with Crippen LogP contribution in [0.4, 0.5) is 0 Å². The molecule has 2 atom stereocenters. The van der Waals surface area contributed by atoms with Gasteiger partial charge in [0, 0.05) is 12.8 Å². The molecule has 71 heavy (non-hydrogen) atoms. The molecule has 0 saturated heterocycles. The molecule has 0 rings (SSSR count). The first kappa shape index (κ1) is 69.1. The number of aliphatic hydroxyl groups is 2. The molecule has 2 unspecified atom stereocenters. The van der Waals surface area contributed by atoms with E-state index in [1.54, 1.807) is 0 Å². The number of hydrogen-bond donors (Lipinski definition) is 3. The number of hydrogen-bond acceptors (Lipinski definition) is 5. The predicted octanol–water partition coefficient (Wildman–Crippen LogP) is 20.0. The van der Waals surface area contributed by atoms with E-state index in [1.165, 1.54) is 231 Å². The molecule has 0 saturated carbocycles. The maximum Gasteiger partial charge on any atom is 0.305 e. The Hall–Kier alpha value is -1.92. The number of aliphatic hydroxyl groups excluding tert-OH is 2. The summed E-state index contributed by atoms with van der Waals surface area (Å²) in [6.45, 7) is 4.92. The van der Waals surface area contributed by atoms with Crippen LogP contribution in [0.1, 0.15) is 341 Å². The molecular weight excluding hydrogens is 875 g/mol. The van der Waals surface area contributed by atoms with Gasteiger partial charge in [-0.15, -0.1) is 0 Å². The van der Waals surface area contributed by atoms with Crippen LogP contribution in [0.2, 0.25) is 0 Å². The normalized spacial score (nSPS) is 12.8. The van der Waals surface area contributed by atoms with Crippen molar-refractivity contribution in [3.8, 4) is 0 Å². The highest BCUT2D eigenvalue weighted by atomic mass is 16.5. The van der Waals surface area contributed by atoms with Crippen LogP contribution in [-0.4, -0.2) is 47.4 Å². The van der Waals surface area contributed by atoms with Crippen LogP contribution in [0.5, 0.6) is 0 Å². The van der Waals surface area contributed by atoms with Gasteiger partial charge in [0.05, 0.1) is 25.4 Å². The molecule has 0 aliphatic heterocycles. The third-order valence-electron chi connectivity index (χ3n) is 14.7. The largest absolute Gasteiger partial charge is 0.466 e. The highest BCUT2D eigenvalue weighted by molar-refractivity contribution is 5.76. The van der Waals surface area contributed by atoms with E-state index in [1.807, 2.05) is 0 Å². The molecule has 0 heterocycles. The lowest BCUT2D eigenvalue weighted by atomic mass is 10.0. The summed E-state index contributed by atoms with van der Waals surface area (Å²) >= 11 is 0. The fourth-order valence-electron chi connectivity index (χ4n) is 9.80. The number of allylic oxidation sites excluding steroid dienone is 6. The van der Waals surface area contributed by atoms with E-state index in [0.29, 0.717) is 25.9 Å². The number of carbonyl (C=O) groups is 2. The minimum Gasteiger partial charge on any atom is -0.466 e. The van der Waals surface area contributed by atoms with Gasteiger partial charge in [-0.3, -0.25) is 9.59 Å². The Labute approximate surface area is 443 Å². The van der Waals surface area contributed by atoms with E-state index < -0.39 is 12.1 Å². The van der Waals surface area contributed by atoms with E-state index in [4.69, 9.17) is 4.74 Å². The quantitative estimate of drug-likeness (QED) is 0.0244. The van der Waals surface area contributed by atoms with Crippen LogP contribution in [0.3, 0.4) is 0 Å². The zero-order valence-electron chi connectivity index (χ0n) is 47.7. The lowest BCUT2D eigenvalue weighted by Crippen LogP contribution is -2.45. The second-order valence-corrected chi connectivity index (χ2v) is 21.8. The van der Waals surface area contributed by atoms with Crippen molar-refractivity contribution in [1.29, 1.82) is 0 Å². The van der Waals surface area contributed by atoms with Gasteiger partial charge in [-0.2, -0.15) is 0 Å². The molecule has 418 valence electrons. The van der Waals surface area contributed by atoms with Crippen LogP contribution in [0.15, 0.2) is 36.5 Å². The number of ether oxygens (including phenoxy) is 1. The molecule has 0 aliphatic rings. The molecule has 0 aliphatic carbocycles. The first-order valence-electron chi connectivity index (χ1n) is 31.8. The summed E-state index contributed by atoms with van der Waals surface area (Å²) in [6.07, 6.45) is 75.8. The summed E-state index contributed by atoms with van der Waals surface area (Å²) in [6, 6.07) is -0.560. The van der Waals surface area contributed by atoms with E-state index >= 15 is 0 Å². The van der Waals surface area contributed by atoms with Crippen molar-refractivity contribution in [1.82, 2.24) is 5.32 Å². The lowest BCUT2D eigenvalue weighted by Gasteiger charge is -2.22. The molecule has 0 bridgehead atoms. The topological polar surface area (TPSA) is 95.9 Å². The minimum absolute atomic E-state index is 0.0215. The number of unbranched alkanes of at least 4 members (excludes halogenated alkanes) is 43. The molecule has 6 nitrogen and oxygen atoms in total. The fourth-order valence-corrected chi connectivity index (χ4v) is 9.80. The van der Waals surface area contributed by atoms with Crippen LogP contribution < -0.4 is 5.32 Å². The highest BCUT2D eigenvalue weighted by Gasteiger charge is 2.20. The summed E-state index contributed by atoms with van der Waals surface area (Å²) in [5.74, 6) is -0.0764. The van der Waals surface area contributed by atoms with Gasteiger partial charge in [0.2, 0.25) is 5.91 Å². The van der Waals surface area contributed by atoms with E-state index in [0.717, 1.165) is 77.0 Å². The molecule has 0 aromatic heterocycles. The van der Waals surface area contributed by atoms with Gasteiger partial charge in [0.1, 0.15) is 0 Å². The Kier molecular flexibility index (Phi) is 59.0. The van der Waals surface area contributed by atoms with E-state index in [2.05, 4.69) is 55.6 Å². The number of esters is 1. The van der Waals surface area contributed by atoms with Crippen LogP contribution >= 0.6 is 0 Å². The van der Waals surface area contributed by atoms with Crippen molar-refractivity contribution in [2.45, 2.75) is 353 Å². The molecular formula is C65H123NO5. The minimum atomic E-state index is -0.680. The van der Waals surface area contributed by atoms with E-state index in [9.17, 15) is 19.8 Å². The Morgan fingerprint density at radius 3 is 1.08 bits per heavy atom. The monoisotopic (exact) mass is 998 g/mol. The van der Waals surface area contributed by atoms with Gasteiger partial charge in [-0.05, 0) is 83.5 Å². The second-order valence-electron chi connectivity index (χ2n) is 21.8. The van der Waals surface area contributed by atoms with Gasteiger partial charge in [0.25, 0.3) is 0 Å². The van der Waals surface area contributed by atoms with Gasteiger partial charge >= 0.3 is 5.97 Å². The van der Waals surface area contributed by atoms with E-state index in [-0.39, 0.29) is 18.5 Å². The van der Waals surface area contributed by atoms with Crippen molar-refractivity contribution >= 4 is 11.9 Å². The SMILES string of the molecule is CCCCCCCC/C=C\CCCCCCCCCCCC(=O)OCCCCC/C=C\C=C/CCCCCCCCC(=O)NC(CO)C(O)CCCCCCCCCCCCCCCCCCCCCC. The molecule has 0 aromatic rings. The average molecular weight is 999 g/mol. The Balaban J connectivity index is 3.49. The fraction of sp³-hybridized carbons (Fsp3) is 0.877. The summed E-state index contributed by atoms with van der Waals surface area (Å²) in [5.41, 5.74) is 0. The number of rotatable bonds is 59. The third-order valence-corrected chi connectivity index (χ3v) is 14.7. The second kappa shape index (κ2) is 60.6. The molecule has 0 aromatic carbocycles. The summed E-state index contributed by atoms with van der Waals surface area (Å²) in [5, 5.41) is 23.3. The third kappa shape index (κ3) is 57.2. The zero-order valence-corrected chi connectivity index (χ0v) is 47.7.